The number of carbonyl (C=O) groups excluding carboxylic acids is 1. The zero-order chi connectivity index (χ0) is 20.0. The van der Waals surface area contributed by atoms with Crippen LogP contribution in [0.4, 0.5) is 5.69 Å². The van der Waals surface area contributed by atoms with Crippen LogP contribution in [0.2, 0.25) is 0 Å². The van der Waals surface area contributed by atoms with Gasteiger partial charge in [-0.2, -0.15) is 0 Å². The minimum Gasteiger partial charge on any atom is -0.325 e. The third kappa shape index (κ3) is 6.16. The molecule has 0 aliphatic heterocycles. The number of rotatable bonds is 8. The summed E-state index contributed by atoms with van der Waals surface area (Å²) < 4.78 is 26.8. The summed E-state index contributed by atoms with van der Waals surface area (Å²) in [7, 11) is -3.54. The number of hydrogen-bond donors (Lipinski definition) is 3. The van der Waals surface area contributed by atoms with Crippen LogP contribution in [0, 0.1) is 0 Å². The molecule has 6 nitrogen and oxygen atoms in total. The molecule has 27 heavy (non-hydrogen) atoms. The fourth-order valence-corrected chi connectivity index (χ4v) is 3.89. The molecular weight excluding hydrogens is 362 g/mol. The van der Waals surface area contributed by atoms with Crippen LogP contribution < -0.4 is 15.4 Å². The number of carbonyl (C=O) groups is 1. The molecule has 0 unspecified atom stereocenters. The molecule has 7 heteroatoms. The first-order valence-electron chi connectivity index (χ1n) is 8.93. The number of amides is 1. The van der Waals surface area contributed by atoms with E-state index in [-0.39, 0.29) is 22.9 Å². The highest BCUT2D eigenvalue weighted by Crippen LogP contribution is 2.16. The maximum Gasteiger partial charge on any atom is 0.241 e. The Labute approximate surface area is 161 Å². The second kappa shape index (κ2) is 9.12. The van der Waals surface area contributed by atoms with Crippen molar-refractivity contribution in [2.45, 2.75) is 50.7 Å². The molecule has 0 bridgehead atoms. The van der Waals surface area contributed by atoms with Gasteiger partial charge < -0.3 is 5.32 Å². The van der Waals surface area contributed by atoms with Crippen LogP contribution in [0.25, 0.3) is 0 Å². The molecular formula is C20H27N3O3S. The van der Waals surface area contributed by atoms with Gasteiger partial charge in [-0.1, -0.05) is 30.3 Å². The Morgan fingerprint density at radius 1 is 0.889 bits per heavy atom. The quantitative estimate of drug-likeness (QED) is 0.648. The van der Waals surface area contributed by atoms with Crippen molar-refractivity contribution in [3.63, 3.8) is 0 Å². The molecule has 0 spiro atoms. The van der Waals surface area contributed by atoms with Gasteiger partial charge in [-0.3, -0.25) is 10.1 Å². The van der Waals surface area contributed by atoms with Crippen LogP contribution in [0.1, 0.15) is 39.3 Å². The van der Waals surface area contributed by atoms with Crippen LogP contribution in [-0.4, -0.2) is 26.4 Å². The fourth-order valence-electron chi connectivity index (χ4n) is 2.63. The van der Waals surface area contributed by atoms with Gasteiger partial charge in [0.15, 0.2) is 0 Å². The Balaban J connectivity index is 1.97. The smallest absolute Gasteiger partial charge is 0.241 e. The van der Waals surface area contributed by atoms with Crippen molar-refractivity contribution in [1.29, 1.82) is 0 Å². The summed E-state index contributed by atoms with van der Waals surface area (Å²) >= 11 is 0. The molecule has 2 aromatic rings. The zero-order valence-corrected chi connectivity index (χ0v) is 16.9. The van der Waals surface area contributed by atoms with Gasteiger partial charge in [0, 0.05) is 17.8 Å². The van der Waals surface area contributed by atoms with Gasteiger partial charge in [0.1, 0.15) is 0 Å². The number of hydrogen-bond acceptors (Lipinski definition) is 4. The molecule has 0 saturated heterocycles. The van der Waals surface area contributed by atoms with Gasteiger partial charge in [-0.15, -0.1) is 0 Å². The van der Waals surface area contributed by atoms with E-state index in [9.17, 15) is 13.2 Å². The number of anilines is 1. The van der Waals surface area contributed by atoms with E-state index in [0.717, 1.165) is 5.56 Å². The molecule has 0 aliphatic rings. The fraction of sp³-hybridized carbons (Fsp3) is 0.350. The van der Waals surface area contributed by atoms with E-state index in [2.05, 4.69) is 15.4 Å². The minimum absolute atomic E-state index is 0.0292. The Morgan fingerprint density at radius 2 is 1.48 bits per heavy atom. The van der Waals surface area contributed by atoms with Crippen molar-refractivity contribution in [3.05, 3.63) is 60.2 Å². The third-order valence-corrected chi connectivity index (χ3v) is 5.69. The summed E-state index contributed by atoms with van der Waals surface area (Å²) in [5.74, 6) is -0.186. The highest BCUT2D eigenvalue weighted by molar-refractivity contribution is 7.89. The second-order valence-corrected chi connectivity index (χ2v) is 8.52. The van der Waals surface area contributed by atoms with E-state index in [0.29, 0.717) is 5.69 Å². The van der Waals surface area contributed by atoms with E-state index in [1.807, 2.05) is 37.3 Å². The highest BCUT2D eigenvalue weighted by atomic mass is 32.2. The predicted octanol–water partition coefficient (Wildman–Crippen LogP) is 3.05. The van der Waals surface area contributed by atoms with E-state index >= 15 is 0 Å². The lowest BCUT2D eigenvalue weighted by molar-refractivity contribution is -0.117. The Morgan fingerprint density at radius 3 is 2.04 bits per heavy atom. The largest absolute Gasteiger partial charge is 0.325 e. The summed E-state index contributed by atoms with van der Waals surface area (Å²) in [4.78, 5) is 12.6. The van der Waals surface area contributed by atoms with Crippen molar-refractivity contribution in [1.82, 2.24) is 10.0 Å². The van der Waals surface area contributed by atoms with Gasteiger partial charge in [-0.05, 0) is 57.5 Å². The van der Waals surface area contributed by atoms with Gasteiger partial charge in [-0.25, -0.2) is 13.1 Å². The predicted molar refractivity (Wildman–Crippen MR) is 108 cm³/mol. The van der Waals surface area contributed by atoms with E-state index in [1.165, 1.54) is 12.1 Å². The van der Waals surface area contributed by atoms with Gasteiger partial charge >= 0.3 is 0 Å². The summed E-state index contributed by atoms with van der Waals surface area (Å²) in [5.41, 5.74) is 1.65. The monoisotopic (exact) mass is 389 g/mol. The SMILES string of the molecule is CC(C)NS(=O)(=O)c1ccc(NC(=O)[C@H](C)N[C@@H](C)c2ccccc2)cc1. The number of benzene rings is 2. The number of sulfonamides is 1. The number of nitrogens with one attached hydrogen (secondary N) is 3. The van der Waals surface area contributed by atoms with Crippen molar-refractivity contribution in [3.8, 4) is 0 Å². The lowest BCUT2D eigenvalue weighted by Crippen LogP contribution is -2.39. The van der Waals surface area contributed by atoms with Gasteiger partial charge in [0.25, 0.3) is 0 Å². The van der Waals surface area contributed by atoms with E-state index in [1.54, 1.807) is 32.9 Å². The minimum atomic E-state index is -3.54. The molecule has 2 aromatic carbocycles. The van der Waals surface area contributed by atoms with Crippen molar-refractivity contribution in [2.24, 2.45) is 0 Å². The molecule has 0 saturated carbocycles. The average Bonchev–Trinajstić information content (AvgIpc) is 2.61. The lowest BCUT2D eigenvalue weighted by Gasteiger charge is -2.20. The lowest BCUT2D eigenvalue weighted by atomic mass is 10.1. The zero-order valence-electron chi connectivity index (χ0n) is 16.1. The first-order chi connectivity index (χ1) is 12.7. The standard InChI is InChI=1S/C20H27N3O3S/c1-14(2)23-27(25,26)19-12-10-18(11-13-19)22-20(24)16(4)21-15(3)17-8-6-5-7-9-17/h5-16,21,23H,1-4H3,(H,22,24)/t15-,16-/m0/s1. The van der Waals surface area contributed by atoms with E-state index < -0.39 is 16.1 Å². The molecule has 0 radical (unpaired) electrons. The van der Waals surface area contributed by atoms with Crippen molar-refractivity contribution in [2.75, 3.05) is 5.32 Å². The van der Waals surface area contributed by atoms with Crippen molar-refractivity contribution < 1.29 is 13.2 Å². The molecule has 2 rings (SSSR count). The van der Waals surface area contributed by atoms with Crippen LogP contribution in [0.3, 0.4) is 0 Å². The first kappa shape index (κ1) is 21.1. The molecule has 0 fully saturated rings. The molecule has 0 aliphatic carbocycles. The normalized spacial score (nSPS) is 14.0. The maximum atomic E-state index is 12.4. The van der Waals surface area contributed by atoms with Crippen molar-refractivity contribution >= 4 is 21.6 Å². The average molecular weight is 390 g/mol. The highest BCUT2D eigenvalue weighted by Gasteiger charge is 2.18. The van der Waals surface area contributed by atoms with Crippen LogP contribution >= 0.6 is 0 Å². The molecule has 2 atom stereocenters. The summed E-state index contributed by atoms with van der Waals surface area (Å²) in [6.07, 6.45) is 0. The Kier molecular flexibility index (Phi) is 7.12. The summed E-state index contributed by atoms with van der Waals surface area (Å²) in [6, 6.07) is 15.4. The topological polar surface area (TPSA) is 87.3 Å². The first-order valence-corrected chi connectivity index (χ1v) is 10.4. The molecule has 3 N–H and O–H groups in total. The van der Waals surface area contributed by atoms with E-state index in [4.69, 9.17) is 0 Å². The molecule has 0 heterocycles. The second-order valence-electron chi connectivity index (χ2n) is 6.81. The molecule has 0 aromatic heterocycles. The summed E-state index contributed by atoms with van der Waals surface area (Å²) in [6.45, 7) is 7.31. The Hall–Kier alpha value is -2.22. The summed E-state index contributed by atoms with van der Waals surface area (Å²) in [5, 5.41) is 6.06. The van der Waals surface area contributed by atoms with Gasteiger partial charge in [0.2, 0.25) is 15.9 Å². The van der Waals surface area contributed by atoms with Crippen LogP contribution in [0.5, 0.6) is 0 Å². The third-order valence-electron chi connectivity index (χ3n) is 4.02. The maximum absolute atomic E-state index is 12.4. The van der Waals surface area contributed by atoms with Crippen LogP contribution in [-0.2, 0) is 14.8 Å². The Bertz CT molecular complexity index is 850. The molecule has 1 amide bonds. The van der Waals surface area contributed by atoms with Crippen LogP contribution in [0.15, 0.2) is 59.5 Å². The molecule has 146 valence electrons. The van der Waals surface area contributed by atoms with Gasteiger partial charge in [0.05, 0.1) is 10.9 Å².